The Kier molecular flexibility index (Phi) is 5.77. The monoisotopic (exact) mass is 367 g/mol. The molecular formula is C14H14BrN3O2S. The number of carbonyl (C=O) groups is 1. The number of halogens is 1. The first-order valence-electron chi connectivity index (χ1n) is 6.23. The molecular weight excluding hydrogens is 354 g/mol. The lowest BCUT2D eigenvalue weighted by molar-refractivity contribution is -0.120. The van der Waals surface area contributed by atoms with Gasteiger partial charge in [-0.1, -0.05) is 22.0 Å². The largest absolute Gasteiger partial charge is 0.467 e. The molecule has 0 spiro atoms. The van der Waals surface area contributed by atoms with Gasteiger partial charge in [0.05, 0.1) is 19.4 Å². The molecule has 2 rings (SSSR count). The highest BCUT2D eigenvalue weighted by atomic mass is 79.9. The standard InChI is InChI=1S/C14H14BrN3O2S/c15-10-3-1-4-11(7-10)18-14(21)17-9-13(19)16-8-12-5-2-6-20-12/h1-7H,8-9H2,(H,16,19)(H2,17,18,21). The minimum absolute atomic E-state index is 0.0978. The predicted octanol–water partition coefficient (Wildman–Crippen LogP) is 2.64. The molecule has 0 aliphatic rings. The first-order valence-corrected chi connectivity index (χ1v) is 7.43. The number of thiocarbonyl (C=S) groups is 1. The first-order chi connectivity index (χ1) is 10.1. The third-order valence-electron chi connectivity index (χ3n) is 2.53. The van der Waals surface area contributed by atoms with Crippen molar-refractivity contribution in [3.63, 3.8) is 0 Å². The van der Waals surface area contributed by atoms with Crippen LogP contribution < -0.4 is 16.0 Å². The Bertz CT molecular complexity index is 616. The number of hydrogen-bond donors (Lipinski definition) is 3. The van der Waals surface area contributed by atoms with Gasteiger partial charge in [-0.25, -0.2) is 0 Å². The van der Waals surface area contributed by atoms with Crippen molar-refractivity contribution in [1.29, 1.82) is 0 Å². The van der Waals surface area contributed by atoms with E-state index in [4.69, 9.17) is 16.6 Å². The number of nitrogens with one attached hydrogen (secondary N) is 3. The van der Waals surface area contributed by atoms with Gasteiger partial charge >= 0.3 is 0 Å². The molecule has 0 fully saturated rings. The Morgan fingerprint density at radius 3 is 2.81 bits per heavy atom. The fourth-order valence-corrected chi connectivity index (χ4v) is 2.15. The van der Waals surface area contributed by atoms with E-state index in [1.54, 1.807) is 18.4 Å². The molecule has 3 N–H and O–H groups in total. The number of hydrogen-bond acceptors (Lipinski definition) is 3. The number of amides is 1. The van der Waals surface area contributed by atoms with E-state index in [0.717, 1.165) is 10.2 Å². The highest BCUT2D eigenvalue weighted by Crippen LogP contribution is 2.15. The summed E-state index contributed by atoms with van der Waals surface area (Å²) in [4.78, 5) is 11.6. The third kappa shape index (κ3) is 5.57. The minimum atomic E-state index is -0.162. The van der Waals surface area contributed by atoms with Crippen molar-refractivity contribution in [3.05, 3.63) is 52.9 Å². The SMILES string of the molecule is O=C(CNC(=S)Nc1cccc(Br)c1)NCc1ccco1. The minimum Gasteiger partial charge on any atom is -0.467 e. The molecule has 5 nitrogen and oxygen atoms in total. The normalized spacial score (nSPS) is 9.95. The van der Waals surface area contributed by atoms with E-state index in [1.165, 1.54) is 0 Å². The molecule has 0 aliphatic carbocycles. The van der Waals surface area contributed by atoms with Gasteiger partial charge in [-0.05, 0) is 42.5 Å². The van der Waals surface area contributed by atoms with Crippen LogP contribution in [0.2, 0.25) is 0 Å². The summed E-state index contributed by atoms with van der Waals surface area (Å²) >= 11 is 8.50. The molecule has 2 aromatic rings. The number of furan rings is 1. The van der Waals surface area contributed by atoms with Crippen molar-refractivity contribution in [1.82, 2.24) is 10.6 Å². The van der Waals surface area contributed by atoms with Crippen molar-refractivity contribution in [3.8, 4) is 0 Å². The molecule has 1 aromatic carbocycles. The van der Waals surface area contributed by atoms with Gasteiger partial charge in [0, 0.05) is 10.2 Å². The summed E-state index contributed by atoms with van der Waals surface area (Å²) in [5, 5.41) is 8.96. The summed E-state index contributed by atoms with van der Waals surface area (Å²) in [6.45, 7) is 0.458. The van der Waals surface area contributed by atoms with Crippen LogP contribution in [0.25, 0.3) is 0 Å². The second-order valence-electron chi connectivity index (χ2n) is 4.17. The molecule has 0 radical (unpaired) electrons. The Morgan fingerprint density at radius 2 is 2.10 bits per heavy atom. The topological polar surface area (TPSA) is 66.3 Å². The summed E-state index contributed by atoms with van der Waals surface area (Å²) < 4.78 is 6.07. The van der Waals surface area contributed by atoms with Crippen molar-refractivity contribution in [2.24, 2.45) is 0 Å². The van der Waals surface area contributed by atoms with Gasteiger partial charge in [-0.2, -0.15) is 0 Å². The average molecular weight is 368 g/mol. The Morgan fingerprint density at radius 1 is 1.24 bits per heavy atom. The van der Waals surface area contributed by atoms with E-state index in [2.05, 4.69) is 31.9 Å². The van der Waals surface area contributed by atoms with E-state index in [9.17, 15) is 4.79 Å². The van der Waals surface area contributed by atoms with Gasteiger partial charge in [-0.3, -0.25) is 4.79 Å². The van der Waals surface area contributed by atoms with Gasteiger partial charge in [0.25, 0.3) is 0 Å². The van der Waals surface area contributed by atoms with Crippen LogP contribution >= 0.6 is 28.1 Å². The van der Waals surface area contributed by atoms with E-state index < -0.39 is 0 Å². The highest BCUT2D eigenvalue weighted by molar-refractivity contribution is 9.10. The molecule has 21 heavy (non-hydrogen) atoms. The third-order valence-corrected chi connectivity index (χ3v) is 3.27. The lowest BCUT2D eigenvalue weighted by Gasteiger charge is -2.10. The summed E-state index contributed by atoms with van der Waals surface area (Å²) in [6.07, 6.45) is 1.57. The van der Waals surface area contributed by atoms with Gasteiger partial charge in [0.1, 0.15) is 5.76 Å². The van der Waals surface area contributed by atoms with Crippen LogP contribution in [-0.2, 0) is 11.3 Å². The maximum atomic E-state index is 11.6. The van der Waals surface area contributed by atoms with E-state index in [0.29, 0.717) is 17.4 Å². The summed E-state index contributed by atoms with van der Waals surface area (Å²) in [5.41, 5.74) is 0.845. The second-order valence-corrected chi connectivity index (χ2v) is 5.50. The van der Waals surface area contributed by atoms with Crippen LogP contribution in [0.1, 0.15) is 5.76 Å². The van der Waals surface area contributed by atoms with Gasteiger partial charge in [-0.15, -0.1) is 0 Å². The Balaban J connectivity index is 1.69. The van der Waals surface area contributed by atoms with Crippen molar-refractivity contribution in [2.75, 3.05) is 11.9 Å². The van der Waals surface area contributed by atoms with Crippen LogP contribution in [0.15, 0.2) is 51.6 Å². The summed E-state index contributed by atoms with van der Waals surface area (Å²) in [7, 11) is 0. The smallest absolute Gasteiger partial charge is 0.239 e. The lowest BCUT2D eigenvalue weighted by Crippen LogP contribution is -2.38. The molecule has 7 heteroatoms. The molecule has 1 aromatic heterocycles. The molecule has 1 amide bonds. The van der Waals surface area contributed by atoms with Crippen LogP contribution in [0.5, 0.6) is 0 Å². The zero-order chi connectivity index (χ0) is 15.1. The van der Waals surface area contributed by atoms with Gasteiger partial charge in [0.15, 0.2) is 5.11 Å². The number of anilines is 1. The van der Waals surface area contributed by atoms with Crippen LogP contribution in [0.3, 0.4) is 0 Å². The molecule has 0 aliphatic heterocycles. The Labute approximate surface area is 136 Å². The van der Waals surface area contributed by atoms with Crippen molar-refractivity contribution < 1.29 is 9.21 Å². The van der Waals surface area contributed by atoms with Crippen LogP contribution in [-0.4, -0.2) is 17.6 Å². The molecule has 1 heterocycles. The predicted molar refractivity (Wildman–Crippen MR) is 88.9 cm³/mol. The molecule has 110 valence electrons. The van der Waals surface area contributed by atoms with Gasteiger partial charge in [0.2, 0.25) is 5.91 Å². The van der Waals surface area contributed by atoms with Crippen LogP contribution in [0.4, 0.5) is 5.69 Å². The molecule has 0 bridgehead atoms. The van der Waals surface area contributed by atoms with Gasteiger partial charge < -0.3 is 20.4 Å². The molecule has 0 atom stereocenters. The maximum Gasteiger partial charge on any atom is 0.239 e. The fraction of sp³-hybridized carbons (Fsp3) is 0.143. The van der Waals surface area contributed by atoms with Crippen LogP contribution in [0, 0.1) is 0 Å². The molecule has 0 unspecified atom stereocenters. The summed E-state index contributed by atoms with van der Waals surface area (Å²) in [6, 6.07) is 11.2. The Hall–Kier alpha value is -1.86. The highest BCUT2D eigenvalue weighted by Gasteiger charge is 2.04. The molecule has 0 saturated heterocycles. The van der Waals surface area contributed by atoms with E-state index in [-0.39, 0.29) is 12.5 Å². The van der Waals surface area contributed by atoms with E-state index in [1.807, 2.05) is 24.3 Å². The zero-order valence-corrected chi connectivity index (χ0v) is 13.5. The van der Waals surface area contributed by atoms with Crippen molar-refractivity contribution >= 4 is 44.9 Å². The average Bonchev–Trinajstić information content (AvgIpc) is 2.96. The maximum absolute atomic E-state index is 11.6. The van der Waals surface area contributed by atoms with E-state index >= 15 is 0 Å². The van der Waals surface area contributed by atoms with Crippen molar-refractivity contribution in [2.45, 2.75) is 6.54 Å². The first kappa shape index (κ1) is 15.5. The summed E-state index contributed by atoms with van der Waals surface area (Å²) in [5.74, 6) is 0.544. The zero-order valence-electron chi connectivity index (χ0n) is 11.1. The lowest BCUT2D eigenvalue weighted by atomic mass is 10.3. The fourth-order valence-electron chi connectivity index (χ4n) is 1.56. The number of carbonyl (C=O) groups excluding carboxylic acids is 1. The number of benzene rings is 1. The molecule has 0 saturated carbocycles. The second kappa shape index (κ2) is 7.80. The quantitative estimate of drug-likeness (QED) is 0.709. The number of rotatable bonds is 5.